The van der Waals surface area contributed by atoms with Crippen LogP contribution in [0.3, 0.4) is 0 Å². The van der Waals surface area contributed by atoms with Gasteiger partial charge in [0.1, 0.15) is 5.82 Å². The number of pyridine rings is 1. The lowest BCUT2D eigenvalue weighted by molar-refractivity contribution is 0.383. The highest BCUT2D eigenvalue weighted by Crippen LogP contribution is 2.24. The van der Waals surface area contributed by atoms with E-state index in [0.717, 1.165) is 11.3 Å². The van der Waals surface area contributed by atoms with Crippen LogP contribution in [0.2, 0.25) is 5.02 Å². The Morgan fingerprint density at radius 3 is 2.35 bits per heavy atom. The van der Waals surface area contributed by atoms with E-state index < -0.39 is 10.0 Å². The molecular weight excluding hydrogens is 436 g/mol. The number of aromatic nitrogens is 3. The van der Waals surface area contributed by atoms with Gasteiger partial charge in [-0.05, 0) is 55.8 Å². The molecule has 0 amide bonds. The SMILES string of the molecule is Cc1cccc(Nc2ccc(N3CCN(S(=O)(=O)c4ccc(C)c(Cl)c4)CC3)nn2)n1. The lowest BCUT2D eigenvalue weighted by Crippen LogP contribution is -2.49. The summed E-state index contributed by atoms with van der Waals surface area (Å²) in [6, 6.07) is 14.3. The quantitative estimate of drug-likeness (QED) is 0.626. The molecule has 1 aliphatic rings. The summed E-state index contributed by atoms with van der Waals surface area (Å²) >= 11 is 6.12. The van der Waals surface area contributed by atoms with Crippen LogP contribution in [0.15, 0.2) is 53.4 Å². The fraction of sp³-hybridized carbons (Fsp3) is 0.286. The van der Waals surface area contributed by atoms with Crippen molar-refractivity contribution in [2.75, 3.05) is 36.4 Å². The van der Waals surface area contributed by atoms with Crippen molar-refractivity contribution in [2.24, 2.45) is 0 Å². The zero-order valence-electron chi connectivity index (χ0n) is 17.3. The van der Waals surface area contributed by atoms with Crippen LogP contribution in [0.5, 0.6) is 0 Å². The topological polar surface area (TPSA) is 91.3 Å². The van der Waals surface area contributed by atoms with Gasteiger partial charge in [-0.2, -0.15) is 4.31 Å². The summed E-state index contributed by atoms with van der Waals surface area (Å²) in [6.45, 7) is 5.55. The molecule has 10 heteroatoms. The summed E-state index contributed by atoms with van der Waals surface area (Å²) in [6.07, 6.45) is 0. The van der Waals surface area contributed by atoms with Gasteiger partial charge < -0.3 is 10.2 Å². The smallest absolute Gasteiger partial charge is 0.243 e. The third-order valence-electron chi connectivity index (χ3n) is 5.14. The summed E-state index contributed by atoms with van der Waals surface area (Å²) in [7, 11) is -3.58. The van der Waals surface area contributed by atoms with Crippen molar-refractivity contribution < 1.29 is 8.42 Å². The van der Waals surface area contributed by atoms with E-state index in [1.54, 1.807) is 12.1 Å². The van der Waals surface area contributed by atoms with E-state index >= 15 is 0 Å². The van der Waals surface area contributed by atoms with Gasteiger partial charge in [0.05, 0.1) is 4.90 Å². The Kier molecular flexibility index (Phi) is 6.08. The Morgan fingerprint density at radius 1 is 0.935 bits per heavy atom. The minimum atomic E-state index is -3.58. The van der Waals surface area contributed by atoms with Gasteiger partial charge in [-0.15, -0.1) is 10.2 Å². The van der Waals surface area contributed by atoms with E-state index in [1.165, 1.54) is 10.4 Å². The second-order valence-electron chi connectivity index (χ2n) is 7.37. The second-order valence-corrected chi connectivity index (χ2v) is 9.71. The lowest BCUT2D eigenvalue weighted by Gasteiger charge is -2.34. The van der Waals surface area contributed by atoms with Gasteiger partial charge in [0, 0.05) is 36.9 Å². The second kappa shape index (κ2) is 8.78. The molecule has 31 heavy (non-hydrogen) atoms. The molecule has 0 aliphatic carbocycles. The molecule has 0 unspecified atom stereocenters. The van der Waals surface area contributed by atoms with Crippen LogP contribution in [-0.2, 0) is 10.0 Å². The lowest BCUT2D eigenvalue weighted by atomic mass is 10.2. The number of hydrogen-bond acceptors (Lipinski definition) is 7. The molecule has 0 spiro atoms. The zero-order valence-corrected chi connectivity index (χ0v) is 18.9. The van der Waals surface area contributed by atoms with Crippen molar-refractivity contribution in [3.05, 3.63) is 64.8 Å². The van der Waals surface area contributed by atoms with Crippen LogP contribution in [-0.4, -0.2) is 54.1 Å². The maximum atomic E-state index is 12.9. The summed E-state index contributed by atoms with van der Waals surface area (Å²) < 4.78 is 27.4. The summed E-state index contributed by atoms with van der Waals surface area (Å²) in [5.74, 6) is 2.01. The van der Waals surface area contributed by atoms with Crippen molar-refractivity contribution >= 4 is 39.1 Å². The first-order valence-corrected chi connectivity index (χ1v) is 11.7. The maximum absolute atomic E-state index is 12.9. The van der Waals surface area contributed by atoms with Gasteiger partial charge in [0.2, 0.25) is 10.0 Å². The number of nitrogens with one attached hydrogen (secondary N) is 1. The molecule has 1 aliphatic heterocycles. The molecule has 0 atom stereocenters. The number of hydrogen-bond donors (Lipinski definition) is 1. The molecule has 1 fully saturated rings. The monoisotopic (exact) mass is 458 g/mol. The third-order valence-corrected chi connectivity index (χ3v) is 7.44. The van der Waals surface area contributed by atoms with Gasteiger partial charge in [0.15, 0.2) is 11.6 Å². The summed E-state index contributed by atoms with van der Waals surface area (Å²) in [4.78, 5) is 6.63. The Bertz CT molecular complexity index is 1180. The first kappa shape index (κ1) is 21.5. The summed E-state index contributed by atoms with van der Waals surface area (Å²) in [5.41, 5.74) is 1.76. The predicted molar refractivity (Wildman–Crippen MR) is 121 cm³/mol. The molecule has 1 aromatic carbocycles. The first-order chi connectivity index (χ1) is 14.8. The largest absolute Gasteiger partial charge is 0.352 e. The molecule has 162 valence electrons. The number of nitrogens with zero attached hydrogens (tertiary/aromatic N) is 5. The van der Waals surface area contributed by atoms with E-state index in [9.17, 15) is 8.42 Å². The maximum Gasteiger partial charge on any atom is 0.243 e. The van der Waals surface area contributed by atoms with Crippen molar-refractivity contribution in [1.82, 2.24) is 19.5 Å². The fourth-order valence-corrected chi connectivity index (χ4v) is 5.04. The van der Waals surface area contributed by atoms with E-state index in [2.05, 4.69) is 20.5 Å². The molecule has 0 bridgehead atoms. The van der Waals surface area contributed by atoms with Gasteiger partial charge in [-0.3, -0.25) is 0 Å². The zero-order chi connectivity index (χ0) is 22.0. The molecule has 2 aromatic heterocycles. The Morgan fingerprint density at radius 2 is 1.71 bits per heavy atom. The Labute approximate surface area is 186 Å². The Balaban J connectivity index is 1.39. The van der Waals surface area contributed by atoms with E-state index in [0.29, 0.717) is 48.7 Å². The molecule has 0 radical (unpaired) electrons. The number of anilines is 3. The van der Waals surface area contributed by atoms with Crippen molar-refractivity contribution in [1.29, 1.82) is 0 Å². The van der Waals surface area contributed by atoms with Crippen LogP contribution in [0, 0.1) is 13.8 Å². The Hall–Kier alpha value is -2.75. The molecule has 4 rings (SSSR count). The average molecular weight is 459 g/mol. The van der Waals surface area contributed by atoms with Gasteiger partial charge >= 0.3 is 0 Å². The van der Waals surface area contributed by atoms with Gasteiger partial charge in [0.25, 0.3) is 0 Å². The van der Waals surface area contributed by atoms with E-state index in [1.807, 2.05) is 49.1 Å². The molecule has 0 saturated carbocycles. The predicted octanol–water partition coefficient (Wildman–Crippen LogP) is 3.40. The highest BCUT2D eigenvalue weighted by molar-refractivity contribution is 7.89. The fourth-order valence-electron chi connectivity index (χ4n) is 3.35. The highest BCUT2D eigenvalue weighted by Gasteiger charge is 2.29. The number of sulfonamides is 1. The van der Waals surface area contributed by atoms with Crippen molar-refractivity contribution in [2.45, 2.75) is 18.7 Å². The molecule has 8 nitrogen and oxygen atoms in total. The molecule has 3 heterocycles. The number of benzene rings is 1. The third kappa shape index (κ3) is 4.79. The van der Waals surface area contributed by atoms with Gasteiger partial charge in [-0.1, -0.05) is 23.7 Å². The van der Waals surface area contributed by atoms with Crippen LogP contribution < -0.4 is 10.2 Å². The first-order valence-electron chi connectivity index (χ1n) is 9.88. The highest BCUT2D eigenvalue weighted by atomic mass is 35.5. The van der Waals surface area contributed by atoms with Crippen LogP contribution >= 0.6 is 11.6 Å². The number of piperazine rings is 1. The molecule has 1 N–H and O–H groups in total. The molecule has 3 aromatic rings. The molecular formula is C21H23ClN6O2S. The minimum Gasteiger partial charge on any atom is -0.352 e. The number of rotatable bonds is 5. The van der Waals surface area contributed by atoms with Crippen LogP contribution in [0.25, 0.3) is 0 Å². The summed E-state index contributed by atoms with van der Waals surface area (Å²) in [5, 5.41) is 12.1. The van der Waals surface area contributed by atoms with Crippen molar-refractivity contribution in [3.63, 3.8) is 0 Å². The van der Waals surface area contributed by atoms with Crippen LogP contribution in [0.1, 0.15) is 11.3 Å². The normalized spacial score (nSPS) is 15.1. The average Bonchev–Trinajstić information content (AvgIpc) is 2.76. The van der Waals surface area contributed by atoms with Gasteiger partial charge in [-0.25, -0.2) is 13.4 Å². The molecule has 1 saturated heterocycles. The minimum absolute atomic E-state index is 0.219. The van der Waals surface area contributed by atoms with E-state index in [4.69, 9.17) is 11.6 Å². The van der Waals surface area contributed by atoms with Crippen LogP contribution in [0.4, 0.5) is 17.5 Å². The van der Waals surface area contributed by atoms with E-state index in [-0.39, 0.29) is 4.90 Å². The number of aryl methyl sites for hydroxylation is 2. The number of halogens is 1. The standard InChI is InChI=1S/C21H23ClN6O2S/c1-15-6-7-17(14-18(15)22)31(29,30)28-12-10-27(11-13-28)21-9-8-20(25-26-21)24-19-5-3-4-16(2)23-19/h3-9,14H,10-13H2,1-2H3,(H,23,24,25). The van der Waals surface area contributed by atoms with Crippen molar-refractivity contribution in [3.8, 4) is 0 Å².